The number of nitrogens with zero attached hydrogens (tertiary/aromatic N) is 2. The Morgan fingerprint density at radius 2 is 1.14 bits per heavy atom. The molecule has 36 heavy (non-hydrogen) atoms. The second-order valence-corrected chi connectivity index (χ2v) is 9.08. The van der Waals surface area contributed by atoms with Gasteiger partial charge in [-0.1, -0.05) is 84.9 Å². The van der Waals surface area contributed by atoms with Crippen LogP contribution in [-0.2, 0) is 0 Å². The van der Waals surface area contributed by atoms with E-state index in [1.807, 2.05) is 12.1 Å². The number of hydrogen-bond donors (Lipinski definition) is 1. The zero-order chi connectivity index (χ0) is 24.1. The first-order valence-corrected chi connectivity index (χ1v) is 12.1. The van der Waals surface area contributed by atoms with Crippen LogP contribution in [0.4, 0.5) is 5.69 Å². The monoisotopic (exact) mass is 461 g/mol. The third-order valence-electron chi connectivity index (χ3n) is 6.97. The lowest BCUT2D eigenvalue weighted by atomic mass is 9.99. The van der Waals surface area contributed by atoms with E-state index in [9.17, 15) is 0 Å². The van der Waals surface area contributed by atoms with Gasteiger partial charge in [0.2, 0.25) is 0 Å². The summed E-state index contributed by atoms with van der Waals surface area (Å²) in [6.07, 6.45) is 0. The van der Waals surface area contributed by atoms with Crippen LogP contribution in [-0.4, -0.2) is 9.55 Å². The van der Waals surface area contributed by atoms with Crippen LogP contribution in [0, 0.1) is 0 Å². The van der Waals surface area contributed by atoms with Gasteiger partial charge in [0.1, 0.15) is 0 Å². The molecule has 170 valence electrons. The molecular formula is C33H23N3. The predicted molar refractivity (Wildman–Crippen MR) is 151 cm³/mol. The number of nitrogen functional groups attached to an aromatic ring is 1. The molecule has 5 aromatic carbocycles. The minimum Gasteiger partial charge on any atom is -0.397 e. The molecule has 0 atom stereocenters. The smallest absolute Gasteiger partial charge is 0.0944 e. The van der Waals surface area contributed by atoms with Gasteiger partial charge in [0.25, 0.3) is 0 Å². The van der Waals surface area contributed by atoms with Gasteiger partial charge in [0.05, 0.1) is 27.9 Å². The number of aromatic nitrogens is 2. The number of hydrogen-bond acceptors (Lipinski definition) is 2. The van der Waals surface area contributed by atoms with Crippen LogP contribution in [0.5, 0.6) is 0 Å². The number of anilines is 1. The van der Waals surface area contributed by atoms with Gasteiger partial charge < -0.3 is 10.3 Å². The number of pyridine rings is 1. The zero-order valence-corrected chi connectivity index (χ0v) is 19.6. The molecule has 7 rings (SSSR count). The number of benzene rings is 5. The Bertz CT molecular complexity index is 1830. The van der Waals surface area contributed by atoms with E-state index in [0.717, 1.165) is 39.0 Å². The molecule has 7 aromatic rings. The lowest BCUT2D eigenvalue weighted by Gasteiger charge is -2.12. The van der Waals surface area contributed by atoms with Crippen molar-refractivity contribution in [2.24, 2.45) is 0 Å². The van der Waals surface area contributed by atoms with Crippen molar-refractivity contribution in [3.8, 4) is 28.1 Å². The van der Waals surface area contributed by atoms with Crippen molar-refractivity contribution in [2.45, 2.75) is 0 Å². The SMILES string of the molecule is Nc1ccc(-c2ccccc2)c2ccc(-c3ccc(-n4c5ccccc5c5ccccc54)cc3)nc12. The lowest BCUT2D eigenvalue weighted by molar-refractivity contribution is 1.18. The van der Waals surface area contributed by atoms with E-state index in [0.29, 0.717) is 5.69 Å². The maximum absolute atomic E-state index is 6.38. The molecule has 0 unspecified atom stereocenters. The highest BCUT2D eigenvalue weighted by molar-refractivity contribution is 6.09. The fourth-order valence-corrected chi connectivity index (χ4v) is 5.25. The normalized spacial score (nSPS) is 11.4. The van der Waals surface area contributed by atoms with Crippen molar-refractivity contribution >= 4 is 38.4 Å². The summed E-state index contributed by atoms with van der Waals surface area (Å²) < 4.78 is 2.33. The second-order valence-electron chi connectivity index (χ2n) is 9.08. The number of fused-ring (bicyclic) bond motifs is 4. The molecule has 0 saturated heterocycles. The number of rotatable bonds is 3. The summed E-state index contributed by atoms with van der Waals surface area (Å²) in [5.41, 5.74) is 15.7. The van der Waals surface area contributed by atoms with E-state index in [4.69, 9.17) is 10.7 Å². The largest absolute Gasteiger partial charge is 0.397 e. The summed E-state index contributed by atoms with van der Waals surface area (Å²) in [7, 11) is 0. The van der Waals surface area contributed by atoms with Gasteiger partial charge in [0, 0.05) is 27.4 Å². The summed E-state index contributed by atoms with van der Waals surface area (Å²) in [4.78, 5) is 4.99. The van der Waals surface area contributed by atoms with Crippen LogP contribution in [0.2, 0.25) is 0 Å². The Hall–Kier alpha value is -4.89. The molecule has 2 heterocycles. The molecule has 0 aliphatic rings. The Balaban J connectivity index is 1.33. The van der Waals surface area contributed by atoms with E-state index in [-0.39, 0.29) is 0 Å². The van der Waals surface area contributed by atoms with Crippen molar-refractivity contribution in [1.29, 1.82) is 0 Å². The van der Waals surface area contributed by atoms with Gasteiger partial charge in [-0.25, -0.2) is 4.98 Å². The van der Waals surface area contributed by atoms with Crippen molar-refractivity contribution in [1.82, 2.24) is 9.55 Å². The highest BCUT2D eigenvalue weighted by atomic mass is 15.0. The Morgan fingerprint density at radius 3 is 1.83 bits per heavy atom. The molecule has 0 fully saturated rings. The average Bonchev–Trinajstić information content (AvgIpc) is 3.28. The predicted octanol–water partition coefficient (Wildman–Crippen LogP) is 8.25. The first-order chi connectivity index (χ1) is 17.8. The fourth-order valence-electron chi connectivity index (χ4n) is 5.25. The van der Waals surface area contributed by atoms with Crippen molar-refractivity contribution < 1.29 is 0 Å². The van der Waals surface area contributed by atoms with Crippen LogP contribution in [0.1, 0.15) is 0 Å². The Labute approximate surface area is 209 Å². The van der Waals surface area contributed by atoms with E-state index in [1.165, 1.54) is 21.8 Å². The first-order valence-electron chi connectivity index (χ1n) is 12.1. The molecule has 0 amide bonds. The minimum atomic E-state index is 0.688. The minimum absolute atomic E-state index is 0.688. The van der Waals surface area contributed by atoms with Crippen LogP contribution >= 0.6 is 0 Å². The van der Waals surface area contributed by atoms with Gasteiger partial charge in [0.15, 0.2) is 0 Å². The Kier molecular flexibility index (Phi) is 4.61. The van der Waals surface area contributed by atoms with Gasteiger partial charge in [-0.3, -0.25) is 0 Å². The molecule has 2 aromatic heterocycles. The molecule has 0 bridgehead atoms. The molecule has 0 aliphatic carbocycles. The molecule has 0 aliphatic heterocycles. The quantitative estimate of drug-likeness (QED) is 0.269. The molecule has 2 N–H and O–H groups in total. The summed E-state index contributed by atoms with van der Waals surface area (Å²) in [6.45, 7) is 0. The lowest BCUT2D eigenvalue weighted by Crippen LogP contribution is -1.95. The van der Waals surface area contributed by atoms with Gasteiger partial charge in [-0.15, -0.1) is 0 Å². The fraction of sp³-hybridized carbons (Fsp3) is 0. The van der Waals surface area contributed by atoms with Crippen LogP contribution in [0.25, 0.3) is 60.8 Å². The van der Waals surface area contributed by atoms with E-state index < -0.39 is 0 Å². The summed E-state index contributed by atoms with van der Waals surface area (Å²) in [6, 6.07) is 44.4. The van der Waals surface area contributed by atoms with Gasteiger partial charge >= 0.3 is 0 Å². The van der Waals surface area contributed by atoms with Gasteiger partial charge in [-0.05, 0) is 53.6 Å². The van der Waals surface area contributed by atoms with E-state index in [1.54, 1.807) is 0 Å². The molecule has 3 heteroatoms. The second kappa shape index (κ2) is 8.10. The highest BCUT2D eigenvalue weighted by Gasteiger charge is 2.13. The van der Waals surface area contributed by atoms with Crippen LogP contribution in [0.15, 0.2) is 127 Å². The van der Waals surface area contributed by atoms with Crippen molar-refractivity contribution in [2.75, 3.05) is 5.73 Å². The topological polar surface area (TPSA) is 43.8 Å². The van der Waals surface area contributed by atoms with Crippen molar-refractivity contribution in [3.63, 3.8) is 0 Å². The molecule has 0 saturated carbocycles. The summed E-state index contributed by atoms with van der Waals surface area (Å²) in [5.74, 6) is 0. The average molecular weight is 462 g/mol. The summed E-state index contributed by atoms with van der Waals surface area (Å²) >= 11 is 0. The van der Waals surface area contributed by atoms with Crippen LogP contribution in [0.3, 0.4) is 0 Å². The molecule has 3 nitrogen and oxygen atoms in total. The zero-order valence-electron chi connectivity index (χ0n) is 19.6. The first kappa shape index (κ1) is 20.5. The number of nitrogens with two attached hydrogens (primary N) is 1. The van der Waals surface area contributed by atoms with Gasteiger partial charge in [-0.2, -0.15) is 0 Å². The third kappa shape index (κ3) is 3.18. The maximum atomic E-state index is 6.38. The maximum Gasteiger partial charge on any atom is 0.0944 e. The molecule has 0 radical (unpaired) electrons. The van der Waals surface area contributed by atoms with E-state index in [2.05, 4.69) is 120 Å². The highest BCUT2D eigenvalue weighted by Crippen LogP contribution is 2.34. The van der Waals surface area contributed by atoms with Crippen LogP contribution < -0.4 is 5.73 Å². The standard InChI is InChI=1S/C33H23N3/c34-29-20-18-25(22-8-2-1-3-9-22)28-19-21-30(35-33(28)29)23-14-16-24(17-15-23)36-31-12-6-4-10-26(31)27-11-5-7-13-32(27)36/h1-21H,34H2. The number of para-hydroxylation sites is 2. The summed E-state index contributed by atoms with van der Waals surface area (Å²) in [5, 5.41) is 3.59. The van der Waals surface area contributed by atoms with Crippen molar-refractivity contribution in [3.05, 3.63) is 127 Å². The van der Waals surface area contributed by atoms with E-state index >= 15 is 0 Å². The third-order valence-corrected chi connectivity index (χ3v) is 6.97. The Morgan fingerprint density at radius 1 is 0.500 bits per heavy atom. The molecular weight excluding hydrogens is 438 g/mol. The molecule has 0 spiro atoms.